The van der Waals surface area contributed by atoms with E-state index in [2.05, 4.69) is 25.1 Å². The number of hydrogen-bond donors (Lipinski definition) is 2. The molecule has 2 aromatic carbocycles. The largest absolute Gasteiger partial charge is 0.481 e. The molecule has 32 heavy (non-hydrogen) atoms. The maximum absolute atomic E-state index is 12.3. The van der Waals surface area contributed by atoms with Crippen molar-refractivity contribution >= 4 is 11.9 Å². The average Bonchev–Trinajstić information content (AvgIpc) is 3.14. The second-order valence-electron chi connectivity index (χ2n) is 8.52. The molecule has 1 unspecified atom stereocenters. The fourth-order valence-corrected chi connectivity index (χ4v) is 4.29. The summed E-state index contributed by atoms with van der Waals surface area (Å²) in [6.45, 7) is 2.76. The molecule has 3 rings (SSSR count). The topological polar surface area (TPSA) is 77.8 Å². The fourth-order valence-electron chi connectivity index (χ4n) is 4.29. The molecule has 1 heterocycles. The third kappa shape index (κ3) is 6.54. The molecule has 0 spiro atoms. The Balaban J connectivity index is 1.57. The SMILES string of the molecule is Cc1ccccc1-c1cccc(C(O)/C=C/[C@H]2CCC(=O)N2CCCCCCC(=O)O)c1. The highest BCUT2D eigenvalue weighted by atomic mass is 16.4. The molecule has 1 saturated heterocycles. The molecule has 5 nitrogen and oxygen atoms in total. The maximum Gasteiger partial charge on any atom is 0.303 e. The van der Waals surface area contributed by atoms with Crippen LogP contribution >= 0.6 is 0 Å². The summed E-state index contributed by atoms with van der Waals surface area (Å²) >= 11 is 0. The molecule has 0 bridgehead atoms. The van der Waals surface area contributed by atoms with Crippen LogP contribution in [0, 0.1) is 6.92 Å². The summed E-state index contributed by atoms with van der Waals surface area (Å²) in [5.41, 5.74) is 4.25. The minimum atomic E-state index is -0.757. The summed E-state index contributed by atoms with van der Waals surface area (Å²) in [6.07, 6.45) is 7.87. The molecule has 2 atom stereocenters. The lowest BCUT2D eigenvalue weighted by molar-refractivity contribution is -0.137. The van der Waals surface area contributed by atoms with Crippen molar-refractivity contribution in [1.82, 2.24) is 4.90 Å². The Morgan fingerprint density at radius 2 is 1.91 bits per heavy atom. The van der Waals surface area contributed by atoms with Crippen LogP contribution in [0.2, 0.25) is 0 Å². The summed E-state index contributed by atoms with van der Waals surface area (Å²) in [7, 11) is 0. The van der Waals surface area contributed by atoms with E-state index in [0.717, 1.165) is 42.4 Å². The van der Waals surface area contributed by atoms with E-state index >= 15 is 0 Å². The fraction of sp³-hybridized carbons (Fsp3) is 0.407. The van der Waals surface area contributed by atoms with E-state index in [9.17, 15) is 14.7 Å². The number of nitrogens with zero attached hydrogens (tertiary/aromatic N) is 1. The van der Waals surface area contributed by atoms with E-state index in [1.54, 1.807) is 6.08 Å². The van der Waals surface area contributed by atoms with Crippen molar-refractivity contribution in [2.24, 2.45) is 0 Å². The van der Waals surface area contributed by atoms with Crippen LogP contribution < -0.4 is 0 Å². The Hall–Kier alpha value is -2.92. The molecule has 1 aliphatic heterocycles. The molecule has 1 amide bonds. The van der Waals surface area contributed by atoms with Gasteiger partial charge in [0, 0.05) is 19.4 Å². The number of carboxylic acids is 1. The first-order valence-corrected chi connectivity index (χ1v) is 11.5. The van der Waals surface area contributed by atoms with Gasteiger partial charge in [-0.15, -0.1) is 0 Å². The van der Waals surface area contributed by atoms with E-state index in [0.29, 0.717) is 19.4 Å². The first-order valence-electron chi connectivity index (χ1n) is 11.5. The number of benzene rings is 2. The molecular weight excluding hydrogens is 402 g/mol. The van der Waals surface area contributed by atoms with Crippen LogP contribution in [-0.4, -0.2) is 39.6 Å². The summed E-state index contributed by atoms with van der Waals surface area (Å²) in [6, 6.07) is 16.2. The predicted octanol–water partition coefficient (Wildman–Crippen LogP) is 5.28. The van der Waals surface area contributed by atoms with Crippen LogP contribution in [0.25, 0.3) is 11.1 Å². The molecule has 0 aliphatic carbocycles. The van der Waals surface area contributed by atoms with Gasteiger partial charge in [0.15, 0.2) is 0 Å². The van der Waals surface area contributed by atoms with Gasteiger partial charge in [0.2, 0.25) is 5.91 Å². The number of carboxylic acid groups (broad SMARTS) is 1. The number of carbonyl (C=O) groups is 2. The summed E-state index contributed by atoms with van der Waals surface area (Å²) < 4.78 is 0. The first-order chi connectivity index (χ1) is 15.5. The van der Waals surface area contributed by atoms with Crippen molar-refractivity contribution in [3.63, 3.8) is 0 Å². The summed E-state index contributed by atoms with van der Waals surface area (Å²) in [5, 5.41) is 19.5. The van der Waals surface area contributed by atoms with Crippen LogP contribution in [0.15, 0.2) is 60.7 Å². The first kappa shape index (κ1) is 23.7. The van der Waals surface area contributed by atoms with Gasteiger partial charge < -0.3 is 15.1 Å². The molecule has 2 N–H and O–H groups in total. The highest BCUT2D eigenvalue weighted by molar-refractivity contribution is 5.79. The highest BCUT2D eigenvalue weighted by Crippen LogP contribution is 2.27. The van der Waals surface area contributed by atoms with Crippen molar-refractivity contribution in [1.29, 1.82) is 0 Å². The minimum Gasteiger partial charge on any atom is -0.481 e. The van der Waals surface area contributed by atoms with E-state index in [4.69, 9.17) is 5.11 Å². The smallest absolute Gasteiger partial charge is 0.303 e. The highest BCUT2D eigenvalue weighted by Gasteiger charge is 2.28. The second kappa shape index (κ2) is 11.6. The van der Waals surface area contributed by atoms with E-state index in [1.165, 1.54) is 5.56 Å². The normalized spacial score (nSPS) is 17.2. The number of carbonyl (C=O) groups excluding carboxylic acids is 1. The number of unbranched alkanes of at least 4 members (excludes halogenated alkanes) is 3. The van der Waals surface area contributed by atoms with Gasteiger partial charge in [-0.25, -0.2) is 0 Å². The van der Waals surface area contributed by atoms with Crippen molar-refractivity contribution in [2.75, 3.05) is 6.54 Å². The van der Waals surface area contributed by atoms with Crippen LogP contribution in [0.4, 0.5) is 0 Å². The summed E-state index contributed by atoms with van der Waals surface area (Å²) in [4.78, 5) is 24.8. The predicted molar refractivity (Wildman–Crippen MR) is 126 cm³/mol. The number of aliphatic carboxylic acids is 1. The third-order valence-corrected chi connectivity index (χ3v) is 6.11. The van der Waals surface area contributed by atoms with Crippen LogP contribution in [-0.2, 0) is 9.59 Å². The quantitative estimate of drug-likeness (QED) is 0.372. The van der Waals surface area contributed by atoms with Gasteiger partial charge in [-0.05, 0) is 54.5 Å². The molecule has 170 valence electrons. The van der Waals surface area contributed by atoms with Crippen molar-refractivity contribution in [2.45, 2.75) is 64.0 Å². The number of hydrogen-bond acceptors (Lipinski definition) is 3. The van der Waals surface area contributed by atoms with Gasteiger partial charge >= 0.3 is 5.97 Å². The van der Waals surface area contributed by atoms with Gasteiger partial charge in [-0.2, -0.15) is 0 Å². The van der Waals surface area contributed by atoms with Crippen molar-refractivity contribution in [3.8, 4) is 11.1 Å². The third-order valence-electron chi connectivity index (χ3n) is 6.11. The minimum absolute atomic E-state index is 0.00993. The van der Waals surface area contributed by atoms with E-state index in [1.807, 2.05) is 41.3 Å². The molecule has 1 aliphatic rings. The Morgan fingerprint density at radius 3 is 2.69 bits per heavy atom. The molecule has 1 fully saturated rings. The molecule has 2 aromatic rings. The Morgan fingerprint density at radius 1 is 1.12 bits per heavy atom. The Bertz CT molecular complexity index is 952. The maximum atomic E-state index is 12.3. The lowest BCUT2D eigenvalue weighted by Crippen LogP contribution is -2.32. The van der Waals surface area contributed by atoms with Gasteiger partial charge in [-0.1, -0.05) is 67.5 Å². The lowest BCUT2D eigenvalue weighted by Gasteiger charge is -2.22. The lowest BCUT2D eigenvalue weighted by atomic mass is 9.97. The zero-order valence-corrected chi connectivity index (χ0v) is 18.7. The van der Waals surface area contributed by atoms with E-state index < -0.39 is 12.1 Å². The van der Waals surface area contributed by atoms with Crippen LogP contribution in [0.5, 0.6) is 0 Å². The number of likely N-dealkylation sites (tertiary alicyclic amines) is 1. The van der Waals surface area contributed by atoms with Crippen LogP contribution in [0.3, 0.4) is 0 Å². The number of aryl methyl sites for hydroxylation is 1. The van der Waals surface area contributed by atoms with E-state index in [-0.39, 0.29) is 18.4 Å². The second-order valence-corrected chi connectivity index (χ2v) is 8.52. The Kier molecular flexibility index (Phi) is 8.63. The molecule has 5 heteroatoms. The standard InChI is InChI=1S/C27H33NO4/c1-20-9-5-6-12-24(20)21-10-8-11-22(19-21)25(29)16-14-23-15-17-26(30)28(23)18-7-3-2-4-13-27(31)32/h5-6,8-12,14,16,19,23,25,29H,2-4,7,13,15,17-18H2,1H3,(H,31,32)/b16-14+/t23-,25?/m0/s1. The van der Waals surface area contributed by atoms with Gasteiger partial charge in [0.25, 0.3) is 0 Å². The van der Waals surface area contributed by atoms with Gasteiger partial charge in [0.1, 0.15) is 0 Å². The Labute approximate surface area is 190 Å². The number of aliphatic hydroxyl groups excluding tert-OH is 1. The molecule has 0 saturated carbocycles. The zero-order valence-electron chi connectivity index (χ0n) is 18.7. The monoisotopic (exact) mass is 435 g/mol. The molecular formula is C27H33NO4. The van der Waals surface area contributed by atoms with Gasteiger partial charge in [0.05, 0.1) is 12.1 Å². The average molecular weight is 436 g/mol. The van der Waals surface area contributed by atoms with Crippen molar-refractivity contribution in [3.05, 3.63) is 71.8 Å². The molecule has 0 aromatic heterocycles. The summed E-state index contributed by atoms with van der Waals surface area (Å²) in [5.74, 6) is -0.603. The molecule has 0 radical (unpaired) electrons. The number of aliphatic hydroxyl groups is 1. The number of amides is 1. The number of rotatable bonds is 11. The zero-order chi connectivity index (χ0) is 22.9. The van der Waals surface area contributed by atoms with Gasteiger partial charge in [-0.3, -0.25) is 9.59 Å². The van der Waals surface area contributed by atoms with Crippen LogP contribution in [0.1, 0.15) is 62.2 Å². The van der Waals surface area contributed by atoms with Crippen molar-refractivity contribution < 1.29 is 19.8 Å².